The van der Waals surface area contributed by atoms with Crippen LogP contribution in [0.1, 0.15) is 19.0 Å². The minimum absolute atomic E-state index is 0.147. The first-order valence-electron chi connectivity index (χ1n) is 9.00. The van der Waals surface area contributed by atoms with Gasteiger partial charge in [0.15, 0.2) is 9.84 Å². The number of sulfone groups is 1. The topological polar surface area (TPSA) is 93.6 Å². The largest absolute Gasteiger partial charge is 0.469 e. The molecular formula is C21H20N2O5S. The van der Waals surface area contributed by atoms with Crippen molar-refractivity contribution >= 4 is 49.1 Å². The number of pyridine rings is 1. The van der Waals surface area contributed by atoms with Gasteiger partial charge in [0.05, 0.1) is 35.3 Å². The summed E-state index contributed by atoms with van der Waals surface area (Å²) >= 11 is 0. The molecule has 7 nitrogen and oxygen atoms in total. The van der Waals surface area contributed by atoms with Crippen molar-refractivity contribution in [2.24, 2.45) is 0 Å². The summed E-state index contributed by atoms with van der Waals surface area (Å²) in [7, 11) is -0.472. The van der Waals surface area contributed by atoms with Crippen LogP contribution in [0.4, 0.5) is 5.69 Å². The van der Waals surface area contributed by atoms with E-state index in [1.54, 1.807) is 26.1 Å². The van der Waals surface area contributed by atoms with Crippen LogP contribution in [0.5, 0.6) is 0 Å². The van der Waals surface area contributed by atoms with Crippen LogP contribution < -0.4 is 4.90 Å². The summed E-state index contributed by atoms with van der Waals surface area (Å²) in [5.74, 6) is -0.789. The van der Waals surface area contributed by atoms with Gasteiger partial charge >= 0.3 is 5.97 Å². The highest BCUT2D eigenvalue weighted by atomic mass is 32.2. The fourth-order valence-corrected chi connectivity index (χ4v) is 4.67. The molecule has 1 unspecified atom stereocenters. The van der Waals surface area contributed by atoms with E-state index in [0.717, 1.165) is 22.4 Å². The van der Waals surface area contributed by atoms with Gasteiger partial charge < -0.3 is 9.64 Å². The number of fused-ring (bicyclic) bond motifs is 2. The van der Waals surface area contributed by atoms with Gasteiger partial charge in [-0.25, -0.2) is 8.42 Å². The van der Waals surface area contributed by atoms with Gasteiger partial charge in [-0.15, -0.1) is 0 Å². The van der Waals surface area contributed by atoms with Crippen LogP contribution in [0.3, 0.4) is 0 Å². The van der Waals surface area contributed by atoms with Crippen LogP contribution >= 0.6 is 0 Å². The molecule has 0 radical (unpaired) electrons. The Hall–Kier alpha value is -3.00. The number of benzene rings is 2. The molecule has 150 valence electrons. The Bertz CT molecular complexity index is 1320. The summed E-state index contributed by atoms with van der Waals surface area (Å²) in [5.41, 5.74) is 0.381. The molecule has 0 aliphatic carbocycles. The fraction of sp³-hybridized carbons (Fsp3) is 0.286. The van der Waals surface area contributed by atoms with Crippen molar-refractivity contribution in [2.75, 3.05) is 25.3 Å². The third-order valence-electron chi connectivity index (χ3n) is 5.59. The maximum Gasteiger partial charge on any atom is 0.306 e. The van der Waals surface area contributed by atoms with Crippen LogP contribution in [-0.4, -0.2) is 45.7 Å². The zero-order valence-electron chi connectivity index (χ0n) is 16.5. The molecule has 0 bridgehead atoms. The lowest BCUT2D eigenvalue weighted by molar-refractivity contribution is -0.144. The first-order chi connectivity index (χ1) is 13.6. The van der Waals surface area contributed by atoms with Crippen molar-refractivity contribution in [2.45, 2.75) is 23.7 Å². The van der Waals surface area contributed by atoms with E-state index in [9.17, 15) is 18.0 Å². The Labute approximate surface area is 168 Å². The van der Waals surface area contributed by atoms with E-state index >= 15 is 0 Å². The molecule has 1 aromatic heterocycles. The SMILES string of the molecule is COC(=O)CC1(C)C(=O)N(C)c2cccc3c2c1nc1cc(S(C)(=O)=O)ccc13. The van der Waals surface area contributed by atoms with E-state index in [-0.39, 0.29) is 17.2 Å². The number of aromatic nitrogens is 1. The fourth-order valence-electron chi connectivity index (χ4n) is 4.03. The van der Waals surface area contributed by atoms with Gasteiger partial charge in [0, 0.05) is 24.1 Å². The zero-order chi connectivity index (χ0) is 21.1. The Kier molecular flexibility index (Phi) is 4.16. The number of hydrogen-bond donors (Lipinski definition) is 0. The summed E-state index contributed by atoms with van der Waals surface area (Å²) in [6.07, 6.45) is 0.970. The summed E-state index contributed by atoms with van der Waals surface area (Å²) in [5, 5.41) is 2.40. The summed E-state index contributed by atoms with van der Waals surface area (Å²) in [4.78, 5) is 31.8. The number of rotatable bonds is 3. The molecule has 0 saturated heterocycles. The van der Waals surface area contributed by atoms with Crippen LogP contribution in [0.15, 0.2) is 41.3 Å². The minimum Gasteiger partial charge on any atom is -0.469 e. The summed E-state index contributed by atoms with van der Waals surface area (Å²) in [6, 6.07) is 10.4. The molecule has 1 aliphatic rings. The number of esters is 1. The van der Waals surface area contributed by atoms with Gasteiger partial charge in [0.25, 0.3) is 0 Å². The normalized spacial score (nSPS) is 19.0. The highest BCUT2D eigenvalue weighted by Crippen LogP contribution is 2.45. The third kappa shape index (κ3) is 2.78. The van der Waals surface area contributed by atoms with Crippen molar-refractivity contribution < 1.29 is 22.7 Å². The number of amides is 1. The Balaban J connectivity index is 2.15. The van der Waals surface area contributed by atoms with E-state index in [2.05, 4.69) is 0 Å². The van der Waals surface area contributed by atoms with Gasteiger partial charge in [-0.3, -0.25) is 14.6 Å². The molecule has 0 N–H and O–H groups in total. The Morgan fingerprint density at radius 1 is 1.21 bits per heavy atom. The molecule has 0 fully saturated rings. The summed E-state index contributed by atoms with van der Waals surface area (Å²) < 4.78 is 28.9. The first kappa shape index (κ1) is 19.3. The quantitative estimate of drug-likeness (QED) is 0.485. The molecule has 1 amide bonds. The van der Waals surface area contributed by atoms with Gasteiger partial charge in [-0.05, 0) is 30.5 Å². The Morgan fingerprint density at radius 2 is 1.93 bits per heavy atom. The number of anilines is 1. The number of likely N-dealkylation sites (N-methyl/N-ethyl adjacent to an activating group) is 1. The number of methoxy groups -OCH3 is 1. The van der Waals surface area contributed by atoms with Gasteiger partial charge in [0.2, 0.25) is 5.91 Å². The smallest absolute Gasteiger partial charge is 0.306 e. The van der Waals surface area contributed by atoms with Crippen molar-refractivity contribution in [3.8, 4) is 0 Å². The van der Waals surface area contributed by atoms with Crippen LogP contribution in [0, 0.1) is 0 Å². The second kappa shape index (κ2) is 6.25. The van der Waals surface area contributed by atoms with Crippen molar-refractivity contribution in [1.82, 2.24) is 4.98 Å². The summed E-state index contributed by atoms with van der Waals surface area (Å²) in [6.45, 7) is 1.67. The maximum atomic E-state index is 13.2. The lowest BCUT2D eigenvalue weighted by Gasteiger charge is -2.38. The lowest BCUT2D eigenvalue weighted by Crippen LogP contribution is -2.48. The predicted molar refractivity (Wildman–Crippen MR) is 110 cm³/mol. The lowest BCUT2D eigenvalue weighted by atomic mass is 9.76. The molecule has 0 spiro atoms. The van der Waals surface area contributed by atoms with E-state index in [4.69, 9.17) is 9.72 Å². The number of carbonyl (C=O) groups excluding carboxylic acids is 2. The average Bonchev–Trinajstić information content (AvgIpc) is 2.69. The number of hydrogen-bond acceptors (Lipinski definition) is 6. The molecule has 3 aromatic rings. The molecule has 2 aromatic carbocycles. The van der Waals surface area contributed by atoms with E-state index in [1.165, 1.54) is 18.1 Å². The van der Waals surface area contributed by atoms with Crippen LogP contribution in [0.2, 0.25) is 0 Å². The van der Waals surface area contributed by atoms with Crippen LogP contribution in [0.25, 0.3) is 21.7 Å². The monoisotopic (exact) mass is 412 g/mol. The molecule has 29 heavy (non-hydrogen) atoms. The van der Waals surface area contributed by atoms with Crippen LogP contribution in [-0.2, 0) is 29.6 Å². The Morgan fingerprint density at radius 3 is 2.59 bits per heavy atom. The molecule has 2 heterocycles. The molecule has 1 aliphatic heterocycles. The zero-order valence-corrected chi connectivity index (χ0v) is 17.3. The molecule has 4 rings (SSSR count). The average molecular weight is 412 g/mol. The second-order valence-electron chi connectivity index (χ2n) is 7.56. The highest BCUT2D eigenvalue weighted by molar-refractivity contribution is 7.90. The molecule has 1 atom stereocenters. The predicted octanol–water partition coefficient (Wildman–Crippen LogP) is 2.59. The van der Waals surface area contributed by atoms with E-state index in [0.29, 0.717) is 16.9 Å². The molecular weight excluding hydrogens is 392 g/mol. The van der Waals surface area contributed by atoms with E-state index in [1.807, 2.05) is 18.2 Å². The van der Waals surface area contributed by atoms with Crippen molar-refractivity contribution in [3.63, 3.8) is 0 Å². The second-order valence-corrected chi connectivity index (χ2v) is 9.58. The minimum atomic E-state index is -3.42. The van der Waals surface area contributed by atoms with Gasteiger partial charge in [-0.1, -0.05) is 18.2 Å². The maximum absolute atomic E-state index is 13.2. The number of ether oxygens (including phenoxy) is 1. The van der Waals surface area contributed by atoms with Crippen molar-refractivity contribution in [1.29, 1.82) is 0 Å². The number of carbonyl (C=O) groups is 2. The van der Waals surface area contributed by atoms with Crippen molar-refractivity contribution in [3.05, 3.63) is 42.1 Å². The van der Waals surface area contributed by atoms with Gasteiger partial charge in [-0.2, -0.15) is 0 Å². The number of nitrogens with zero attached hydrogens (tertiary/aromatic N) is 2. The standard InChI is InChI=1S/C21H20N2O5S/c1-21(11-17(24)28-3)19-18-14(6-5-7-16(18)23(2)20(21)25)13-9-8-12(29(4,26)27)10-15(13)22-19/h5-10H,11H2,1-4H3. The van der Waals surface area contributed by atoms with Gasteiger partial charge in [0.1, 0.15) is 5.41 Å². The third-order valence-corrected chi connectivity index (χ3v) is 6.70. The first-order valence-corrected chi connectivity index (χ1v) is 10.9. The molecule has 0 saturated carbocycles. The highest BCUT2D eigenvalue weighted by Gasteiger charge is 2.46. The van der Waals surface area contributed by atoms with E-state index < -0.39 is 21.2 Å². The molecule has 8 heteroatoms.